The van der Waals surface area contributed by atoms with Gasteiger partial charge in [0.2, 0.25) is 5.88 Å². The van der Waals surface area contributed by atoms with E-state index < -0.39 is 12.8 Å². The molecule has 0 aliphatic rings. The molecule has 1 aromatic heterocycles. The van der Waals surface area contributed by atoms with Crippen LogP contribution in [0.3, 0.4) is 0 Å². The van der Waals surface area contributed by atoms with Crippen molar-refractivity contribution in [2.24, 2.45) is 0 Å². The van der Waals surface area contributed by atoms with Crippen LogP contribution in [0.1, 0.15) is 12.0 Å². The number of pyridine rings is 1. The third-order valence-electron chi connectivity index (χ3n) is 1.97. The summed E-state index contributed by atoms with van der Waals surface area (Å²) < 4.78 is 44.6. The van der Waals surface area contributed by atoms with Gasteiger partial charge in [-0.25, -0.2) is 4.98 Å². The van der Waals surface area contributed by atoms with E-state index in [-0.39, 0.29) is 18.3 Å². The van der Waals surface area contributed by atoms with Crippen molar-refractivity contribution in [2.75, 3.05) is 13.7 Å². The van der Waals surface area contributed by atoms with Crippen LogP contribution in [0.2, 0.25) is 0 Å². The number of esters is 1. The lowest BCUT2D eigenvalue weighted by Gasteiger charge is -2.07. The van der Waals surface area contributed by atoms with Gasteiger partial charge in [0.15, 0.2) is 6.61 Å². The van der Waals surface area contributed by atoms with E-state index in [4.69, 9.17) is 0 Å². The van der Waals surface area contributed by atoms with Gasteiger partial charge in [0.05, 0.1) is 13.5 Å². The maximum Gasteiger partial charge on any atom is 0.422 e. The fraction of sp³-hybridized carbons (Fsp3) is 0.333. The summed E-state index contributed by atoms with van der Waals surface area (Å²) in [7, 11) is 1.28. The standard InChI is InChI=1S/C12H12F3NO3/c1-18-11(17)4-2-3-9-5-6-10(16-7-9)19-8-12(13,14)15/h2-3,5-7H,4,8H2,1H3. The SMILES string of the molecule is COC(=O)CC=Cc1ccc(OCC(F)(F)F)nc1. The van der Waals surface area contributed by atoms with Gasteiger partial charge in [-0.15, -0.1) is 0 Å². The summed E-state index contributed by atoms with van der Waals surface area (Å²) in [6, 6.07) is 2.86. The second kappa shape index (κ2) is 6.77. The lowest BCUT2D eigenvalue weighted by molar-refractivity contribution is -0.154. The maximum absolute atomic E-state index is 11.9. The van der Waals surface area contributed by atoms with Crippen LogP contribution in [0.25, 0.3) is 6.08 Å². The molecule has 1 heterocycles. The number of rotatable bonds is 5. The van der Waals surface area contributed by atoms with Crippen molar-refractivity contribution < 1.29 is 27.4 Å². The zero-order valence-electron chi connectivity index (χ0n) is 10.1. The van der Waals surface area contributed by atoms with Gasteiger partial charge in [-0.2, -0.15) is 13.2 Å². The van der Waals surface area contributed by atoms with Gasteiger partial charge in [-0.3, -0.25) is 4.79 Å². The first-order chi connectivity index (χ1) is 8.90. The minimum absolute atomic E-state index is 0.109. The van der Waals surface area contributed by atoms with Crippen LogP contribution >= 0.6 is 0 Å². The number of carbonyl (C=O) groups excluding carboxylic acids is 1. The molecule has 0 spiro atoms. The first kappa shape index (κ1) is 15.0. The maximum atomic E-state index is 11.9. The lowest BCUT2D eigenvalue weighted by Crippen LogP contribution is -2.19. The Balaban J connectivity index is 2.50. The van der Waals surface area contributed by atoms with Crippen molar-refractivity contribution in [1.29, 1.82) is 0 Å². The van der Waals surface area contributed by atoms with E-state index in [0.717, 1.165) is 0 Å². The summed E-state index contributed by atoms with van der Waals surface area (Å²) in [6.45, 7) is -1.38. The van der Waals surface area contributed by atoms with E-state index in [0.29, 0.717) is 5.56 Å². The van der Waals surface area contributed by atoms with Crippen molar-refractivity contribution in [3.05, 3.63) is 30.0 Å². The number of aromatic nitrogens is 1. The van der Waals surface area contributed by atoms with E-state index in [2.05, 4.69) is 14.5 Å². The van der Waals surface area contributed by atoms with Crippen LogP contribution in [0.15, 0.2) is 24.4 Å². The predicted molar refractivity (Wildman–Crippen MR) is 61.5 cm³/mol. The summed E-state index contributed by atoms with van der Waals surface area (Å²) in [4.78, 5) is 14.5. The molecule has 0 saturated heterocycles. The summed E-state index contributed by atoms with van der Waals surface area (Å²) >= 11 is 0. The van der Waals surface area contributed by atoms with Gasteiger partial charge in [-0.05, 0) is 11.6 Å². The van der Waals surface area contributed by atoms with Crippen LogP contribution in [-0.4, -0.2) is 30.8 Å². The molecule has 1 rings (SSSR count). The molecule has 0 fully saturated rings. The van der Waals surface area contributed by atoms with Crippen molar-refractivity contribution in [3.8, 4) is 5.88 Å². The largest absolute Gasteiger partial charge is 0.469 e. The number of ether oxygens (including phenoxy) is 2. The zero-order valence-corrected chi connectivity index (χ0v) is 10.1. The third kappa shape index (κ3) is 6.44. The predicted octanol–water partition coefficient (Wildman–Crippen LogP) is 2.60. The Hall–Kier alpha value is -2.05. The number of hydrogen-bond acceptors (Lipinski definition) is 4. The van der Waals surface area contributed by atoms with Crippen LogP contribution in [0.4, 0.5) is 13.2 Å². The molecule has 104 valence electrons. The molecule has 0 saturated carbocycles. The second-order valence-corrected chi connectivity index (χ2v) is 3.52. The molecular formula is C12H12F3NO3. The highest BCUT2D eigenvalue weighted by molar-refractivity contribution is 5.72. The lowest BCUT2D eigenvalue weighted by atomic mass is 10.2. The normalized spacial score (nSPS) is 11.6. The van der Waals surface area contributed by atoms with Crippen LogP contribution in [0.5, 0.6) is 5.88 Å². The molecular weight excluding hydrogens is 263 g/mol. The molecule has 4 nitrogen and oxygen atoms in total. The molecule has 0 radical (unpaired) electrons. The van der Waals surface area contributed by atoms with Gasteiger partial charge in [0, 0.05) is 12.3 Å². The highest BCUT2D eigenvalue weighted by Crippen LogP contribution is 2.17. The molecule has 0 N–H and O–H groups in total. The third-order valence-corrected chi connectivity index (χ3v) is 1.97. The Morgan fingerprint density at radius 3 is 2.68 bits per heavy atom. The van der Waals surface area contributed by atoms with E-state index in [1.165, 1.54) is 25.4 Å². The number of nitrogens with zero attached hydrogens (tertiary/aromatic N) is 1. The van der Waals surface area contributed by atoms with Gasteiger partial charge in [0.1, 0.15) is 0 Å². The number of alkyl halides is 3. The summed E-state index contributed by atoms with van der Waals surface area (Å²) in [5.41, 5.74) is 0.642. The van der Waals surface area contributed by atoms with E-state index in [9.17, 15) is 18.0 Å². The Morgan fingerprint density at radius 1 is 1.42 bits per heavy atom. The molecule has 7 heteroatoms. The minimum atomic E-state index is -4.39. The first-order valence-electron chi connectivity index (χ1n) is 5.29. The minimum Gasteiger partial charge on any atom is -0.469 e. The average molecular weight is 275 g/mol. The smallest absolute Gasteiger partial charge is 0.422 e. The number of hydrogen-bond donors (Lipinski definition) is 0. The van der Waals surface area contributed by atoms with Gasteiger partial charge < -0.3 is 9.47 Å². The summed E-state index contributed by atoms with van der Waals surface area (Å²) in [5, 5.41) is 0. The molecule has 0 unspecified atom stereocenters. The molecule has 0 atom stereocenters. The van der Waals surface area contributed by atoms with E-state index >= 15 is 0 Å². The quantitative estimate of drug-likeness (QED) is 0.775. The van der Waals surface area contributed by atoms with E-state index in [1.54, 1.807) is 12.2 Å². The van der Waals surface area contributed by atoms with Crippen LogP contribution < -0.4 is 4.74 Å². The van der Waals surface area contributed by atoms with E-state index in [1.807, 2.05) is 0 Å². The fourth-order valence-electron chi connectivity index (χ4n) is 1.11. The monoisotopic (exact) mass is 275 g/mol. The van der Waals surface area contributed by atoms with Crippen molar-refractivity contribution in [3.63, 3.8) is 0 Å². The summed E-state index contributed by atoms with van der Waals surface area (Å²) in [5.74, 6) is -0.489. The molecule has 19 heavy (non-hydrogen) atoms. The van der Waals surface area contributed by atoms with Gasteiger partial charge >= 0.3 is 12.1 Å². The zero-order chi connectivity index (χ0) is 14.3. The van der Waals surface area contributed by atoms with Gasteiger partial charge in [-0.1, -0.05) is 12.2 Å². The number of carbonyl (C=O) groups is 1. The number of methoxy groups -OCH3 is 1. The molecule has 0 bridgehead atoms. The van der Waals surface area contributed by atoms with Gasteiger partial charge in [0.25, 0.3) is 0 Å². The Labute approximate surface area is 107 Å². The second-order valence-electron chi connectivity index (χ2n) is 3.52. The Bertz CT molecular complexity index is 441. The summed E-state index contributed by atoms with van der Waals surface area (Å²) in [6.07, 6.45) is 0.250. The highest BCUT2D eigenvalue weighted by Gasteiger charge is 2.28. The Kier molecular flexibility index (Phi) is 5.35. The molecule has 0 aliphatic heterocycles. The van der Waals surface area contributed by atoms with Crippen molar-refractivity contribution in [2.45, 2.75) is 12.6 Å². The molecule has 0 aromatic carbocycles. The van der Waals surface area contributed by atoms with Crippen LogP contribution in [0, 0.1) is 0 Å². The molecule has 0 aliphatic carbocycles. The molecule has 1 aromatic rings. The van der Waals surface area contributed by atoms with Crippen molar-refractivity contribution >= 4 is 12.0 Å². The average Bonchev–Trinajstić information content (AvgIpc) is 2.36. The van der Waals surface area contributed by atoms with Crippen molar-refractivity contribution in [1.82, 2.24) is 4.98 Å². The highest BCUT2D eigenvalue weighted by atomic mass is 19.4. The fourth-order valence-corrected chi connectivity index (χ4v) is 1.11. The topological polar surface area (TPSA) is 48.4 Å². The van der Waals surface area contributed by atoms with Crippen LogP contribution in [-0.2, 0) is 9.53 Å². The first-order valence-corrected chi connectivity index (χ1v) is 5.29. The Morgan fingerprint density at radius 2 is 2.16 bits per heavy atom. The molecule has 0 amide bonds. The number of halogens is 3.